The van der Waals surface area contributed by atoms with Crippen LogP contribution in [0.25, 0.3) is 0 Å². The van der Waals surface area contributed by atoms with E-state index < -0.39 is 5.67 Å². The van der Waals surface area contributed by atoms with Crippen molar-refractivity contribution >= 4 is 15.9 Å². The molecule has 5 heteroatoms. The Kier molecular flexibility index (Phi) is 4.43. The molecule has 1 aliphatic rings. The number of rotatable bonds is 3. The minimum absolute atomic E-state index is 0.457. The Morgan fingerprint density at radius 2 is 2.22 bits per heavy atom. The summed E-state index contributed by atoms with van der Waals surface area (Å²) in [6.07, 6.45) is 3.46. The van der Waals surface area contributed by atoms with Gasteiger partial charge < -0.3 is 5.32 Å². The Hall–Kier alpha value is -0.420. The number of aryl methyl sites for hydroxylation is 2. The zero-order chi connectivity index (χ0) is 13.2. The van der Waals surface area contributed by atoms with Crippen LogP contribution in [0.5, 0.6) is 0 Å². The van der Waals surface area contributed by atoms with E-state index in [1.165, 1.54) is 0 Å². The van der Waals surface area contributed by atoms with Gasteiger partial charge in [-0.25, -0.2) is 4.39 Å². The average molecular weight is 318 g/mol. The van der Waals surface area contributed by atoms with E-state index in [0.717, 1.165) is 41.8 Å². The van der Waals surface area contributed by atoms with Gasteiger partial charge in [-0.2, -0.15) is 5.10 Å². The first-order valence-corrected chi connectivity index (χ1v) is 7.45. The van der Waals surface area contributed by atoms with Crippen LogP contribution in [0.1, 0.15) is 37.6 Å². The molecule has 0 bridgehead atoms. The molecule has 0 saturated carbocycles. The molecule has 1 aliphatic heterocycles. The van der Waals surface area contributed by atoms with Crippen molar-refractivity contribution in [1.82, 2.24) is 15.1 Å². The molecule has 18 heavy (non-hydrogen) atoms. The summed E-state index contributed by atoms with van der Waals surface area (Å²) in [5.74, 6) is 0. The van der Waals surface area contributed by atoms with Gasteiger partial charge in [0.05, 0.1) is 15.9 Å². The lowest BCUT2D eigenvalue weighted by molar-refractivity contribution is 0.141. The van der Waals surface area contributed by atoms with Crippen molar-refractivity contribution in [2.75, 3.05) is 13.1 Å². The summed E-state index contributed by atoms with van der Waals surface area (Å²) in [5.41, 5.74) is 0.907. The number of nitrogens with zero attached hydrogens (tertiary/aromatic N) is 2. The minimum atomic E-state index is -1.09. The highest BCUT2D eigenvalue weighted by atomic mass is 79.9. The second-order valence-corrected chi connectivity index (χ2v) is 5.91. The molecule has 0 spiro atoms. The van der Waals surface area contributed by atoms with Gasteiger partial charge in [-0.05, 0) is 54.7 Å². The predicted molar refractivity (Wildman–Crippen MR) is 74.5 cm³/mol. The molecule has 102 valence electrons. The first kappa shape index (κ1) is 14.0. The summed E-state index contributed by atoms with van der Waals surface area (Å²) in [6.45, 7) is 3.77. The zero-order valence-corrected chi connectivity index (χ0v) is 12.7. The van der Waals surface area contributed by atoms with Gasteiger partial charge in [0, 0.05) is 13.5 Å². The van der Waals surface area contributed by atoms with Crippen molar-refractivity contribution in [1.29, 1.82) is 0 Å². The zero-order valence-electron chi connectivity index (χ0n) is 11.1. The van der Waals surface area contributed by atoms with Gasteiger partial charge in [0.2, 0.25) is 0 Å². The normalized spacial score (nSPS) is 25.1. The molecule has 1 saturated heterocycles. The molecule has 1 aromatic rings. The van der Waals surface area contributed by atoms with Crippen LogP contribution in [0, 0.1) is 0 Å². The quantitative estimate of drug-likeness (QED) is 0.929. The SMILES string of the molecule is CCc1nn(C)c(CC2(F)CCCNCC2)c1Br. The molecule has 1 fully saturated rings. The fraction of sp³-hybridized carbons (Fsp3) is 0.769. The fourth-order valence-corrected chi connectivity index (χ4v) is 3.34. The summed E-state index contributed by atoms with van der Waals surface area (Å²) in [5, 5.41) is 7.70. The second kappa shape index (κ2) is 5.70. The average Bonchev–Trinajstić information content (AvgIpc) is 2.54. The summed E-state index contributed by atoms with van der Waals surface area (Å²) >= 11 is 3.57. The maximum atomic E-state index is 14.9. The molecule has 1 atom stereocenters. The van der Waals surface area contributed by atoms with Gasteiger partial charge >= 0.3 is 0 Å². The lowest BCUT2D eigenvalue weighted by Crippen LogP contribution is -2.28. The van der Waals surface area contributed by atoms with Crippen LogP contribution in [0.4, 0.5) is 4.39 Å². The summed E-state index contributed by atoms with van der Waals surface area (Å²) < 4.78 is 17.7. The molecule has 2 heterocycles. The fourth-order valence-electron chi connectivity index (χ4n) is 2.58. The molecule has 0 amide bonds. The monoisotopic (exact) mass is 317 g/mol. The van der Waals surface area contributed by atoms with E-state index in [-0.39, 0.29) is 0 Å². The van der Waals surface area contributed by atoms with E-state index in [1.807, 2.05) is 11.7 Å². The van der Waals surface area contributed by atoms with Crippen molar-refractivity contribution in [3.05, 3.63) is 15.9 Å². The summed E-state index contributed by atoms with van der Waals surface area (Å²) in [7, 11) is 1.90. The molecular weight excluding hydrogens is 297 g/mol. The number of halogens is 2. The summed E-state index contributed by atoms with van der Waals surface area (Å²) in [4.78, 5) is 0. The summed E-state index contributed by atoms with van der Waals surface area (Å²) in [6, 6.07) is 0. The van der Waals surface area contributed by atoms with Crippen LogP contribution < -0.4 is 5.32 Å². The van der Waals surface area contributed by atoms with Crippen LogP contribution in [-0.4, -0.2) is 28.5 Å². The standard InChI is InChI=1S/C13H21BrFN3/c1-3-10-12(14)11(18(2)17-10)9-13(15)5-4-7-16-8-6-13/h16H,3-9H2,1-2H3. The number of alkyl halides is 1. The van der Waals surface area contributed by atoms with E-state index in [2.05, 4.69) is 33.3 Å². The van der Waals surface area contributed by atoms with Crippen LogP contribution in [-0.2, 0) is 19.9 Å². The van der Waals surface area contributed by atoms with E-state index in [1.54, 1.807) is 0 Å². The van der Waals surface area contributed by atoms with Crippen molar-refractivity contribution in [2.24, 2.45) is 7.05 Å². The maximum absolute atomic E-state index is 14.9. The predicted octanol–water partition coefficient (Wildman–Crippen LogP) is 2.77. The van der Waals surface area contributed by atoms with Crippen LogP contribution in [0.3, 0.4) is 0 Å². The molecule has 0 aliphatic carbocycles. The first-order chi connectivity index (χ1) is 8.56. The van der Waals surface area contributed by atoms with Crippen molar-refractivity contribution < 1.29 is 4.39 Å². The molecule has 1 aromatic heterocycles. The molecular formula is C13H21BrFN3. The third-order valence-electron chi connectivity index (χ3n) is 3.72. The van der Waals surface area contributed by atoms with Gasteiger partial charge in [0.1, 0.15) is 5.67 Å². The lowest BCUT2D eigenvalue weighted by Gasteiger charge is -2.23. The lowest BCUT2D eigenvalue weighted by atomic mass is 9.91. The highest BCUT2D eigenvalue weighted by Gasteiger charge is 2.33. The van der Waals surface area contributed by atoms with E-state index in [0.29, 0.717) is 19.3 Å². The van der Waals surface area contributed by atoms with Gasteiger partial charge in [-0.15, -0.1) is 0 Å². The Bertz CT molecular complexity index is 409. The molecule has 0 radical (unpaired) electrons. The third-order valence-corrected chi connectivity index (χ3v) is 4.63. The number of aromatic nitrogens is 2. The van der Waals surface area contributed by atoms with Crippen molar-refractivity contribution in [2.45, 2.75) is 44.7 Å². The minimum Gasteiger partial charge on any atom is -0.317 e. The Morgan fingerprint density at radius 3 is 2.89 bits per heavy atom. The Labute approximate surface area is 116 Å². The van der Waals surface area contributed by atoms with Gasteiger partial charge in [0.25, 0.3) is 0 Å². The number of hydrogen-bond acceptors (Lipinski definition) is 2. The van der Waals surface area contributed by atoms with Gasteiger partial charge in [-0.3, -0.25) is 4.68 Å². The third kappa shape index (κ3) is 2.94. The maximum Gasteiger partial charge on any atom is 0.117 e. The molecule has 1 unspecified atom stereocenters. The van der Waals surface area contributed by atoms with E-state index in [4.69, 9.17) is 0 Å². The number of hydrogen-bond donors (Lipinski definition) is 1. The number of nitrogens with one attached hydrogen (secondary N) is 1. The topological polar surface area (TPSA) is 29.9 Å². The van der Waals surface area contributed by atoms with Gasteiger partial charge in [-0.1, -0.05) is 6.92 Å². The van der Waals surface area contributed by atoms with Crippen LogP contribution in [0.2, 0.25) is 0 Å². The van der Waals surface area contributed by atoms with Crippen molar-refractivity contribution in [3.8, 4) is 0 Å². The molecule has 3 nitrogen and oxygen atoms in total. The Morgan fingerprint density at radius 1 is 1.44 bits per heavy atom. The van der Waals surface area contributed by atoms with Crippen LogP contribution in [0.15, 0.2) is 4.47 Å². The highest BCUT2D eigenvalue weighted by molar-refractivity contribution is 9.10. The van der Waals surface area contributed by atoms with E-state index >= 15 is 0 Å². The Balaban J connectivity index is 2.19. The van der Waals surface area contributed by atoms with Crippen molar-refractivity contribution in [3.63, 3.8) is 0 Å². The highest BCUT2D eigenvalue weighted by Crippen LogP contribution is 2.32. The molecule has 0 aromatic carbocycles. The van der Waals surface area contributed by atoms with Crippen LogP contribution >= 0.6 is 15.9 Å². The molecule has 1 N–H and O–H groups in total. The first-order valence-electron chi connectivity index (χ1n) is 6.65. The largest absolute Gasteiger partial charge is 0.317 e. The smallest absolute Gasteiger partial charge is 0.117 e. The van der Waals surface area contributed by atoms with Gasteiger partial charge in [0.15, 0.2) is 0 Å². The molecule has 2 rings (SSSR count). The van der Waals surface area contributed by atoms with E-state index in [9.17, 15) is 4.39 Å². The second-order valence-electron chi connectivity index (χ2n) is 5.12.